The minimum absolute atomic E-state index is 0.119. The summed E-state index contributed by atoms with van der Waals surface area (Å²) < 4.78 is 53.9. The van der Waals surface area contributed by atoms with Crippen molar-refractivity contribution in [2.24, 2.45) is 0 Å². The van der Waals surface area contributed by atoms with Crippen molar-refractivity contribution < 1.29 is 27.4 Å². The number of alkyl halides is 3. The van der Waals surface area contributed by atoms with Crippen molar-refractivity contribution in [1.82, 2.24) is 4.57 Å². The van der Waals surface area contributed by atoms with Crippen LogP contribution < -0.4 is 15.2 Å². The number of ether oxygens (including phenoxy) is 2. The summed E-state index contributed by atoms with van der Waals surface area (Å²) >= 11 is 0. The fourth-order valence-electron chi connectivity index (χ4n) is 6.04. The maximum absolute atomic E-state index is 14.0. The Balaban J connectivity index is 1.63. The number of benzene rings is 4. The van der Waals surface area contributed by atoms with Gasteiger partial charge in [0.05, 0.1) is 26.3 Å². The molecule has 0 bridgehead atoms. The zero-order valence-electron chi connectivity index (χ0n) is 24.1. The normalized spacial score (nSPS) is 14.5. The van der Waals surface area contributed by atoms with Gasteiger partial charge in [-0.2, -0.15) is 13.2 Å². The topological polar surface area (TPSA) is 60.8 Å². The predicted molar refractivity (Wildman–Crippen MR) is 163 cm³/mol. The summed E-state index contributed by atoms with van der Waals surface area (Å²) in [5, 5.41) is 1.86. The lowest BCUT2D eigenvalue weighted by Gasteiger charge is -2.24. The molecule has 0 saturated carbocycles. The first kappa shape index (κ1) is 29.0. The molecular formula is C35H29F3N2O4. The molecule has 0 spiro atoms. The monoisotopic (exact) mass is 598 g/mol. The molecule has 0 amide bonds. The Labute approximate surface area is 251 Å². The molecule has 0 saturated heterocycles. The molecule has 5 aromatic rings. The highest BCUT2D eigenvalue weighted by molar-refractivity contribution is 5.89. The third kappa shape index (κ3) is 5.41. The number of carbonyl (C=O) groups excluding carboxylic acids is 1. The van der Waals surface area contributed by atoms with Crippen LogP contribution in [0.4, 0.5) is 19.0 Å². The van der Waals surface area contributed by atoms with Crippen LogP contribution in [0.2, 0.25) is 0 Å². The number of aromatic nitrogens is 1. The molecule has 44 heavy (non-hydrogen) atoms. The van der Waals surface area contributed by atoms with Gasteiger partial charge < -0.3 is 14.4 Å². The van der Waals surface area contributed by atoms with Crippen molar-refractivity contribution in [3.8, 4) is 16.9 Å². The van der Waals surface area contributed by atoms with Gasteiger partial charge in [-0.15, -0.1) is 0 Å². The summed E-state index contributed by atoms with van der Waals surface area (Å²) in [6.07, 6.45) is -4.35. The van der Waals surface area contributed by atoms with E-state index in [2.05, 4.69) is 0 Å². The number of halogens is 3. The van der Waals surface area contributed by atoms with E-state index in [1.54, 1.807) is 13.2 Å². The Morgan fingerprint density at radius 3 is 2.36 bits per heavy atom. The highest BCUT2D eigenvalue weighted by Crippen LogP contribution is 2.43. The molecule has 0 N–H and O–H groups in total. The Hall–Kier alpha value is -5.05. The summed E-state index contributed by atoms with van der Waals surface area (Å²) in [4.78, 5) is 28.7. The number of rotatable bonds is 7. The molecule has 4 aromatic carbocycles. The molecule has 1 unspecified atom stereocenters. The molecule has 0 fully saturated rings. The van der Waals surface area contributed by atoms with Crippen molar-refractivity contribution in [2.75, 3.05) is 25.7 Å². The predicted octanol–water partition coefficient (Wildman–Crippen LogP) is 7.02. The van der Waals surface area contributed by atoms with E-state index >= 15 is 0 Å². The van der Waals surface area contributed by atoms with Crippen LogP contribution in [0.5, 0.6) is 5.75 Å². The minimum Gasteiger partial charge on any atom is -0.497 e. The molecular weight excluding hydrogens is 569 g/mol. The van der Waals surface area contributed by atoms with Gasteiger partial charge in [-0.25, -0.2) is 4.79 Å². The number of anilines is 1. The largest absolute Gasteiger partial charge is 0.497 e. The van der Waals surface area contributed by atoms with Gasteiger partial charge in [0.25, 0.3) is 5.56 Å². The Bertz CT molecular complexity index is 1920. The molecule has 0 radical (unpaired) electrons. The lowest BCUT2D eigenvalue weighted by Crippen LogP contribution is -2.29. The van der Waals surface area contributed by atoms with Gasteiger partial charge in [0.2, 0.25) is 0 Å². The van der Waals surface area contributed by atoms with Gasteiger partial charge in [-0.3, -0.25) is 9.36 Å². The Morgan fingerprint density at radius 1 is 0.886 bits per heavy atom. The first-order valence-corrected chi connectivity index (χ1v) is 14.1. The highest BCUT2D eigenvalue weighted by Gasteiger charge is 2.39. The molecule has 6 nitrogen and oxygen atoms in total. The highest BCUT2D eigenvalue weighted by atomic mass is 19.4. The smallest absolute Gasteiger partial charge is 0.416 e. The van der Waals surface area contributed by atoms with E-state index < -0.39 is 29.3 Å². The standard InChI is InChI=1S/C35H29F3N2O4/c1-43-28-17-23-11-6-7-14-29(23)25(18-28)15-26-19-31(41)40-30(34(42)44-2)21-39(20-22-9-4-3-5-10-22)33(40)32(26)24-12-8-13-27(16-24)35(36,37)38/h3-14,16-19,30H,15,20-21H2,1-2H3. The third-order valence-electron chi connectivity index (χ3n) is 8.02. The van der Waals surface area contributed by atoms with E-state index in [9.17, 15) is 22.8 Å². The van der Waals surface area contributed by atoms with E-state index in [4.69, 9.17) is 9.47 Å². The van der Waals surface area contributed by atoms with Gasteiger partial charge in [0, 0.05) is 18.2 Å². The van der Waals surface area contributed by atoms with E-state index in [-0.39, 0.29) is 18.5 Å². The first-order chi connectivity index (χ1) is 21.2. The number of methoxy groups -OCH3 is 2. The van der Waals surface area contributed by atoms with E-state index in [0.29, 0.717) is 29.2 Å². The zero-order valence-corrected chi connectivity index (χ0v) is 24.1. The van der Waals surface area contributed by atoms with Crippen LogP contribution in [0.1, 0.15) is 28.3 Å². The molecule has 1 atom stereocenters. The second kappa shape index (κ2) is 11.6. The van der Waals surface area contributed by atoms with Gasteiger partial charge in [0.1, 0.15) is 11.6 Å². The average molecular weight is 599 g/mol. The number of hydrogen-bond acceptors (Lipinski definition) is 5. The first-order valence-electron chi connectivity index (χ1n) is 14.1. The maximum Gasteiger partial charge on any atom is 0.416 e. The fourth-order valence-corrected chi connectivity index (χ4v) is 6.04. The van der Waals surface area contributed by atoms with Crippen LogP contribution >= 0.6 is 0 Å². The lowest BCUT2D eigenvalue weighted by atomic mass is 9.92. The van der Waals surface area contributed by atoms with Crippen LogP contribution in [-0.2, 0) is 28.7 Å². The second-order valence-corrected chi connectivity index (χ2v) is 10.7. The number of fused-ring (bicyclic) bond motifs is 2. The van der Waals surface area contributed by atoms with Gasteiger partial charge in [0.15, 0.2) is 6.04 Å². The summed E-state index contributed by atoms with van der Waals surface area (Å²) in [7, 11) is 2.82. The molecule has 6 rings (SSSR count). The zero-order chi connectivity index (χ0) is 31.0. The number of hydrogen-bond donors (Lipinski definition) is 0. The van der Waals surface area contributed by atoms with Crippen LogP contribution in [0.3, 0.4) is 0 Å². The molecule has 2 heterocycles. The van der Waals surface area contributed by atoms with E-state index in [0.717, 1.165) is 34.0 Å². The summed E-state index contributed by atoms with van der Waals surface area (Å²) in [6, 6.07) is 26.6. The summed E-state index contributed by atoms with van der Waals surface area (Å²) in [6.45, 7) is 0.444. The average Bonchev–Trinajstić information content (AvgIpc) is 3.40. The van der Waals surface area contributed by atoms with Crippen LogP contribution in [0.25, 0.3) is 21.9 Å². The van der Waals surface area contributed by atoms with Crippen LogP contribution in [0.15, 0.2) is 102 Å². The number of esters is 1. The molecule has 1 aromatic heterocycles. The van der Waals surface area contributed by atoms with Crippen LogP contribution in [0, 0.1) is 0 Å². The lowest BCUT2D eigenvalue weighted by molar-refractivity contribution is -0.144. The van der Waals surface area contributed by atoms with Gasteiger partial charge >= 0.3 is 12.1 Å². The summed E-state index contributed by atoms with van der Waals surface area (Å²) in [5.74, 6) is 0.386. The minimum atomic E-state index is -4.58. The third-order valence-corrected chi connectivity index (χ3v) is 8.02. The number of carbonyl (C=O) groups is 1. The summed E-state index contributed by atoms with van der Waals surface area (Å²) in [5.41, 5.74) is 1.77. The molecule has 1 aliphatic heterocycles. The Kier molecular flexibility index (Phi) is 7.63. The van der Waals surface area contributed by atoms with Crippen molar-refractivity contribution in [1.29, 1.82) is 0 Å². The molecule has 9 heteroatoms. The Morgan fingerprint density at radius 2 is 1.64 bits per heavy atom. The van der Waals surface area contributed by atoms with E-state index in [1.807, 2.05) is 71.6 Å². The molecule has 224 valence electrons. The van der Waals surface area contributed by atoms with Gasteiger partial charge in [-0.05, 0) is 63.7 Å². The fraction of sp³-hybridized carbons (Fsp3) is 0.200. The second-order valence-electron chi connectivity index (χ2n) is 10.7. The van der Waals surface area contributed by atoms with Crippen molar-refractivity contribution in [3.63, 3.8) is 0 Å². The maximum atomic E-state index is 14.0. The van der Waals surface area contributed by atoms with Gasteiger partial charge in [-0.1, -0.05) is 66.7 Å². The molecule has 1 aliphatic rings. The number of nitrogens with zero attached hydrogens (tertiary/aromatic N) is 2. The molecule has 0 aliphatic carbocycles. The van der Waals surface area contributed by atoms with Crippen molar-refractivity contribution >= 4 is 22.6 Å². The van der Waals surface area contributed by atoms with Crippen molar-refractivity contribution in [2.45, 2.75) is 25.2 Å². The SMILES string of the molecule is COC(=O)C1CN(Cc2ccccc2)c2c(-c3cccc(C(F)(F)F)c3)c(Cc3cc(OC)cc4ccccc34)cc(=O)n21. The number of pyridine rings is 1. The van der Waals surface area contributed by atoms with Crippen molar-refractivity contribution in [3.05, 3.63) is 130 Å². The quantitative estimate of drug-likeness (QED) is 0.189. The van der Waals surface area contributed by atoms with E-state index in [1.165, 1.54) is 23.8 Å². The van der Waals surface area contributed by atoms with Crippen LogP contribution in [-0.4, -0.2) is 31.3 Å².